The number of fused-ring (bicyclic) bond motifs is 1. The molecule has 132 valence electrons. The maximum atomic E-state index is 13.9. The number of carboxylic acids is 1. The predicted molar refractivity (Wildman–Crippen MR) is 89.0 cm³/mol. The van der Waals surface area contributed by atoms with Crippen LogP contribution in [0.15, 0.2) is 48.7 Å². The topological polar surface area (TPSA) is 76.4 Å². The summed E-state index contributed by atoms with van der Waals surface area (Å²) in [4.78, 5) is 33.9. The molecule has 0 spiro atoms. The van der Waals surface area contributed by atoms with E-state index in [1.807, 2.05) is 0 Å². The number of aliphatic carboxylic acids is 1. The molecule has 0 saturated heterocycles. The minimum Gasteiger partial charge on any atom is -0.475 e. The zero-order valence-electron chi connectivity index (χ0n) is 13.4. The molecule has 7 heteroatoms. The Balaban J connectivity index is 1.95. The van der Waals surface area contributed by atoms with Crippen LogP contribution in [0.4, 0.5) is 8.78 Å². The lowest BCUT2D eigenvalue weighted by atomic mass is 10.0. The van der Waals surface area contributed by atoms with Gasteiger partial charge in [-0.2, -0.15) is 0 Å². The molecule has 1 heterocycles. The second-order valence-electron chi connectivity index (χ2n) is 5.75. The highest BCUT2D eigenvalue weighted by Gasteiger charge is 2.18. The molecule has 2 aromatic carbocycles. The van der Waals surface area contributed by atoms with Crippen molar-refractivity contribution in [2.75, 3.05) is 0 Å². The fourth-order valence-corrected chi connectivity index (χ4v) is 2.67. The molecular formula is C19H13F2NO4. The lowest BCUT2D eigenvalue weighted by molar-refractivity contribution is -0.148. The molecule has 0 fully saturated rings. The second kappa shape index (κ2) is 6.87. The Morgan fingerprint density at radius 1 is 1.00 bits per heavy atom. The smallest absolute Gasteiger partial charge is 0.372 e. The minimum atomic E-state index is -1.67. The van der Waals surface area contributed by atoms with Crippen molar-refractivity contribution in [2.45, 2.75) is 13.0 Å². The van der Waals surface area contributed by atoms with Crippen molar-refractivity contribution in [1.82, 2.24) is 4.57 Å². The summed E-state index contributed by atoms with van der Waals surface area (Å²) >= 11 is 0. The predicted octanol–water partition coefficient (Wildman–Crippen LogP) is 3.19. The number of nitrogens with zero attached hydrogens (tertiary/aromatic N) is 1. The van der Waals surface area contributed by atoms with Crippen molar-refractivity contribution in [3.05, 3.63) is 71.4 Å². The van der Waals surface area contributed by atoms with Crippen LogP contribution in [0, 0.1) is 11.6 Å². The van der Waals surface area contributed by atoms with Crippen molar-refractivity contribution >= 4 is 28.4 Å². The molecule has 0 bridgehead atoms. The first-order valence-electron chi connectivity index (χ1n) is 7.68. The fourth-order valence-electron chi connectivity index (χ4n) is 2.67. The molecule has 0 aliphatic rings. The Labute approximate surface area is 146 Å². The molecule has 3 aromatic rings. The van der Waals surface area contributed by atoms with E-state index in [0.29, 0.717) is 5.52 Å². The van der Waals surface area contributed by atoms with Crippen LogP contribution < -0.4 is 0 Å². The number of Topliss-reactive ketones (excluding diaryl/α,β-unsaturated/α-hetero) is 2. The summed E-state index contributed by atoms with van der Waals surface area (Å²) in [6, 6.07) is 9.91. The van der Waals surface area contributed by atoms with E-state index in [1.165, 1.54) is 18.2 Å². The minimum absolute atomic E-state index is 0.0757. The van der Waals surface area contributed by atoms with E-state index in [2.05, 4.69) is 0 Å². The van der Waals surface area contributed by atoms with Gasteiger partial charge in [0.1, 0.15) is 11.6 Å². The second-order valence-corrected chi connectivity index (χ2v) is 5.75. The highest BCUT2D eigenvalue weighted by Crippen LogP contribution is 2.22. The molecule has 0 amide bonds. The van der Waals surface area contributed by atoms with Crippen LogP contribution in [0.3, 0.4) is 0 Å². The van der Waals surface area contributed by atoms with Crippen LogP contribution in [-0.4, -0.2) is 27.2 Å². The van der Waals surface area contributed by atoms with Crippen molar-refractivity contribution in [3.8, 4) is 0 Å². The lowest BCUT2D eigenvalue weighted by Gasteiger charge is -2.09. The lowest BCUT2D eigenvalue weighted by Crippen LogP contribution is -2.17. The van der Waals surface area contributed by atoms with Gasteiger partial charge in [-0.1, -0.05) is 18.2 Å². The van der Waals surface area contributed by atoms with E-state index in [9.17, 15) is 23.2 Å². The molecule has 26 heavy (non-hydrogen) atoms. The van der Waals surface area contributed by atoms with Gasteiger partial charge in [0.15, 0.2) is 5.78 Å². The number of rotatable bonds is 6. The number of ketones is 2. The highest BCUT2D eigenvalue weighted by atomic mass is 19.1. The Hall–Kier alpha value is -3.35. The first-order chi connectivity index (χ1) is 12.4. The molecule has 1 aromatic heterocycles. The van der Waals surface area contributed by atoms with Gasteiger partial charge in [-0.3, -0.25) is 9.59 Å². The molecule has 0 aliphatic heterocycles. The summed E-state index contributed by atoms with van der Waals surface area (Å²) < 4.78 is 29.3. The third-order valence-corrected chi connectivity index (χ3v) is 4.05. The van der Waals surface area contributed by atoms with E-state index in [-0.39, 0.29) is 17.7 Å². The maximum Gasteiger partial charge on any atom is 0.372 e. The van der Waals surface area contributed by atoms with Crippen molar-refractivity contribution in [1.29, 1.82) is 0 Å². The number of hydrogen-bond acceptors (Lipinski definition) is 3. The molecule has 0 saturated carbocycles. The molecule has 0 atom stereocenters. The van der Waals surface area contributed by atoms with Crippen LogP contribution in [0.25, 0.3) is 10.9 Å². The summed E-state index contributed by atoms with van der Waals surface area (Å²) in [6.07, 6.45) is 0.886. The normalized spacial score (nSPS) is 10.8. The van der Waals surface area contributed by atoms with Crippen molar-refractivity contribution in [2.24, 2.45) is 0 Å². The number of carbonyl (C=O) groups is 3. The van der Waals surface area contributed by atoms with Crippen molar-refractivity contribution < 1.29 is 28.3 Å². The SMILES string of the molecule is O=C(O)C(=O)CC(=O)c1ccc2ccn(Cc3c(F)cccc3F)c2c1. The molecule has 5 nitrogen and oxygen atoms in total. The Bertz CT molecular complexity index is 1020. The number of hydrogen-bond donors (Lipinski definition) is 1. The standard InChI is InChI=1S/C19H13F2NO4/c20-14-2-1-3-15(21)13(14)10-22-7-6-11-4-5-12(8-16(11)22)17(23)9-18(24)19(25)26/h1-8H,9-10H2,(H,25,26). The molecule has 0 radical (unpaired) electrons. The van der Waals surface area contributed by atoms with Gasteiger partial charge in [0.05, 0.1) is 13.0 Å². The Morgan fingerprint density at radius 2 is 1.69 bits per heavy atom. The summed E-state index contributed by atoms with van der Waals surface area (Å²) in [5.41, 5.74) is 0.588. The number of halogens is 2. The van der Waals surface area contributed by atoms with Crippen LogP contribution in [0.5, 0.6) is 0 Å². The van der Waals surface area contributed by atoms with E-state index in [0.717, 1.165) is 17.5 Å². The average molecular weight is 357 g/mol. The van der Waals surface area contributed by atoms with E-state index < -0.39 is 35.6 Å². The highest BCUT2D eigenvalue weighted by molar-refractivity contribution is 6.37. The molecule has 3 rings (SSSR count). The van der Waals surface area contributed by atoms with Gasteiger partial charge in [-0.05, 0) is 29.7 Å². The van der Waals surface area contributed by atoms with Crippen LogP contribution in [-0.2, 0) is 16.1 Å². The van der Waals surface area contributed by atoms with Gasteiger partial charge >= 0.3 is 5.97 Å². The first kappa shape index (κ1) is 17.5. The van der Waals surface area contributed by atoms with E-state index in [4.69, 9.17) is 5.11 Å². The first-order valence-corrected chi connectivity index (χ1v) is 7.68. The number of carbonyl (C=O) groups excluding carboxylic acids is 2. The Kier molecular flexibility index (Phi) is 4.62. The third kappa shape index (κ3) is 3.37. The van der Waals surface area contributed by atoms with Gasteiger partial charge in [-0.15, -0.1) is 0 Å². The molecule has 1 N–H and O–H groups in total. The van der Waals surface area contributed by atoms with Gasteiger partial charge in [-0.25, -0.2) is 13.6 Å². The van der Waals surface area contributed by atoms with Gasteiger partial charge in [0.2, 0.25) is 5.78 Å². The molecule has 0 unspecified atom stereocenters. The molecule has 0 aliphatic carbocycles. The summed E-state index contributed by atoms with van der Waals surface area (Å²) in [5.74, 6) is -4.85. The molecular weight excluding hydrogens is 344 g/mol. The zero-order chi connectivity index (χ0) is 18.8. The zero-order valence-corrected chi connectivity index (χ0v) is 13.4. The summed E-state index contributed by atoms with van der Waals surface area (Å²) in [5, 5.41) is 9.34. The van der Waals surface area contributed by atoms with Crippen molar-refractivity contribution in [3.63, 3.8) is 0 Å². The maximum absolute atomic E-state index is 13.9. The monoisotopic (exact) mass is 357 g/mol. The summed E-state index contributed by atoms with van der Waals surface area (Å²) in [6.45, 7) is -0.0757. The number of carboxylic acid groups (broad SMARTS) is 1. The largest absolute Gasteiger partial charge is 0.475 e. The fraction of sp³-hybridized carbons (Fsp3) is 0.105. The van der Waals surface area contributed by atoms with Gasteiger partial charge in [0.25, 0.3) is 0 Å². The van der Waals surface area contributed by atoms with Gasteiger partial charge in [0, 0.05) is 22.8 Å². The number of aromatic nitrogens is 1. The quantitative estimate of drug-likeness (QED) is 0.418. The Morgan fingerprint density at radius 3 is 2.35 bits per heavy atom. The van der Waals surface area contributed by atoms with Crippen LogP contribution >= 0.6 is 0 Å². The average Bonchev–Trinajstić information content (AvgIpc) is 3.00. The van der Waals surface area contributed by atoms with E-state index >= 15 is 0 Å². The van der Waals surface area contributed by atoms with Crippen LogP contribution in [0.1, 0.15) is 22.3 Å². The summed E-state index contributed by atoms with van der Waals surface area (Å²) in [7, 11) is 0. The van der Waals surface area contributed by atoms with Gasteiger partial charge < -0.3 is 9.67 Å². The third-order valence-electron chi connectivity index (χ3n) is 4.05. The van der Waals surface area contributed by atoms with Crippen LogP contribution in [0.2, 0.25) is 0 Å². The number of benzene rings is 2. The van der Waals surface area contributed by atoms with E-state index in [1.54, 1.807) is 22.9 Å².